The summed E-state index contributed by atoms with van der Waals surface area (Å²) in [6.07, 6.45) is 9.56. The first-order valence-electron chi connectivity index (χ1n) is 16.4. The Kier molecular flexibility index (Phi) is 8.66. The average molecular weight is 611 g/mol. The van der Waals surface area contributed by atoms with E-state index in [1.54, 1.807) is 11.0 Å². The Labute approximate surface area is 260 Å². The normalized spacial score (nSPS) is 35.8. The molecule has 43 heavy (non-hydrogen) atoms. The Morgan fingerprint density at radius 2 is 1.84 bits per heavy atom. The lowest BCUT2D eigenvalue weighted by molar-refractivity contribution is -0.141. The predicted octanol–water partition coefficient (Wildman–Crippen LogP) is 4.80. The lowest BCUT2D eigenvalue weighted by Crippen LogP contribution is -2.58. The van der Waals surface area contributed by atoms with E-state index in [4.69, 9.17) is 16.3 Å². The number of amides is 3. The van der Waals surface area contributed by atoms with E-state index in [9.17, 15) is 14.4 Å². The van der Waals surface area contributed by atoms with Crippen molar-refractivity contribution >= 4 is 35.0 Å². The number of nitrogens with one attached hydrogen (secondary N) is 2. The van der Waals surface area contributed by atoms with Crippen molar-refractivity contribution < 1.29 is 19.1 Å². The highest BCUT2D eigenvalue weighted by Crippen LogP contribution is 2.55. The van der Waals surface area contributed by atoms with Crippen molar-refractivity contribution in [3.8, 4) is 0 Å². The molecule has 1 aliphatic carbocycles. The van der Waals surface area contributed by atoms with Gasteiger partial charge in [-0.1, -0.05) is 63.4 Å². The monoisotopic (exact) mass is 610 g/mol. The molecule has 2 N–H and O–H groups in total. The van der Waals surface area contributed by atoms with Crippen molar-refractivity contribution in [2.24, 2.45) is 29.6 Å². The fourth-order valence-electron chi connectivity index (χ4n) is 8.20. The maximum atomic E-state index is 14.3. The van der Waals surface area contributed by atoms with Crippen LogP contribution in [0.15, 0.2) is 30.4 Å². The SMILES string of the molecule is Cc1ccc(NC(=O)[C@@H]2[C@@H]3C=C[C@]4(O3)[C@@H]2C(=O)N(CCCN2CCC(C)CC2)[C@H]4C(=O)N[C@@H]2CCC[C@H](C)[C@H]2C)cc1Cl. The van der Waals surface area contributed by atoms with Gasteiger partial charge in [0.2, 0.25) is 17.7 Å². The number of hydrogen-bond acceptors (Lipinski definition) is 5. The zero-order valence-electron chi connectivity index (χ0n) is 26.0. The molecule has 0 radical (unpaired) electrons. The second kappa shape index (κ2) is 12.2. The zero-order chi connectivity index (χ0) is 30.5. The largest absolute Gasteiger partial charge is 0.359 e. The fourth-order valence-corrected chi connectivity index (χ4v) is 8.38. The van der Waals surface area contributed by atoms with Crippen molar-refractivity contribution in [2.45, 2.75) is 90.0 Å². The van der Waals surface area contributed by atoms with Crippen molar-refractivity contribution in [3.05, 3.63) is 40.9 Å². The lowest BCUT2D eigenvalue weighted by atomic mass is 9.73. The van der Waals surface area contributed by atoms with Gasteiger partial charge in [-0.2, -0.15) is 0 Å². The molecule has 4 fully saturated rings. The minimum atomic E-state index is -1.15. The number of carbonyl (C=O) groups excluding carboxylic acids is 3. The summed E-state index contributed by atoms with van der Waals surface area (Å²) in [5.74, 6) is -0.446. The maximum absolute atomic E-state index is 14.3. The van der Waals surface area contributed by atoms with Gasteiger partial charge in [0, 0.05) is 23.3 Å². The van der Waals surface area contributed by atoms with Gasteiger partial charge >= 0.3 is 0 Å². The van der Waals surface area contributed by atoms with Gasteiger partial charge < -0.3 is 25.2 Å². The van der Waals surface area contributed by atoms with Crippen LogP contribution in [-0.4, -0.2) is 77.5 Å². The van der Waals surface area contributed by atoms with Gasteiger partial charge in [0.25, 0.3) is 0 Å². The standard InChI is InChI=1S/C34H47ClN4O4/c1-20-12-17-38(18-13-20)15-6-16-39-30(32(41)37-26-8-5-7-21(2)23(26)4)34-14-11-27(43-34)28(29(34)33(39)42)31(40)36-24-10-9-22(3)25(35)19-24/h9-11,14,19-21,23,26-30H,5-8,12-13,15-18H2,1-4H3,(H,36,40)(H,37,41)/t21-,23+,26+,27-,28+,29-,30-,34-/m0/s1. The first kappa shape index (κ1) is 30.6. The summed E-state index contributed by atoms with van der Waals surface area (Å²) in [5, 5.41) is 6.89. The van der Waals surface area contributed by atoms with E-state index in [0.29, 0.717) is 29.1 Å². The molecule has 9 heteroatoms. The molecule has 4 aliphatic heterocycles. The van der Waals surface area contributed by atoms with Crippen LogP contribution in [0, 0.1) is 36.5 Å². The number of ether oxygens (including phenoxy) is 1. The number of nitrogens with zero attached hydrogens (tertiary/aromatic N) is 2. The summed E-state index contributed by atoms with van der Waals surface area (Å²) >= 11 is 6.32. The molecule has 234 valence electrons. The molecule has 6 rings (SSSR count). The van der Waals surface area contributed by atoms with Crippen LogP contribution in [0.3, 0.4) is 0 Å². The zero-order valence-corrected chi connectivity index (χ0v) is 26.7. The summed E-state index contributed by atoms with van der Waals surface area (Å²) < 4.78 is 6.55. The molecule has 1 aromatic carbocycles. The van der Waals surface area contributed by atoms with Gasteiger partial charge in [0.05, 0.1) is 17.9 Å². The number of aryl methyl sites for hydroxylation is 1. The number of benzene rings is 1. The third-order valence-corrected chi connectivity index (χ3v) is 11.6. The molecule has 8 atom stereocenters. The molecule has 4 heterocycles. The van der Waals surface area contributed by atoms with Crippen molar-refractivity contribution in [1.29, 1.82) is 0 Å². The Balaban J connectivity index is 1.24. The Morgan fingerprint density at radius 1 is 1.07 bits per heavy atom. The van der Waals surface area contributed by atoms with Gasteiger partial charge in [-0.3, -0.25) is 14.4 Å². The third kappa shape index (κ3) is 5.64. The number of carbonyl (C=O) groups is 3. The molecule has 1 spiro atoms. The van der Waals surface area contributed by atoms with E-state index >= 15 is 0 Å². The summed E-state index contributed by atoms with van der Waals surface area (Å²) in [5.41, 5.74) is 0.346. The van der Waals surface area contributed by atoms with Crippen molar-refractivity contribution in [3.63, 3.8) is 0 Å². The van der Waals surface area contributed by atoms with Crippen LogP contribution in [0.4, 0.5) is 5.69 Å². The number of anilines is 1. The molecule has 2 bridgehead atoms. The molecular formula is C34H47ClN4O4. The quantitative estimate of drug-likeness (QED) is 0.413. The molecule has 5 aliphatic rings. The van der Waals surface area contributed by atoms with E-state index in [-0.39, 0.29) is 23.8 Å². The highest BCUT2D eigenvalue weighted by Gasteiger charge is 2.72. The molecule has 8 nitrogen and oxygen atoms in total. The lowest BCUT2D eigenvalue weighted by Gasteiger charge is -2.38. The van der Waals surface area contributed by atoms with Crippen LogP contribution in [0.5, 0.6) is 0 Å². The first-order chi connectivity index (χ1) is 20.6. The van der Waals surface area contributed by atoms with Crippen LogP contribution in [-0.2, 0) is 19.1 Å². The van der Waals surface area contributed by atoms with Crippen molar-refractivity contribution in [1.82, 2.24) is 15.1 Å². The van der Waals surface area contributed by atoms with Crippen LogP contribution >= 0.6 is 11.6 Å². The second-order valence-corrected chi connectivity index (χ2v) is 14.4. The Morgan fingerprint density at radius 3 is 2.58 bits per heavy atom. The molecule has 3 amide bonds. The number of fused-ring (bicyclic) bond motifs is 1. The highest BCUT2D eigenvalue weighted by atomic mass is 35.5. The molecular weight excluding hydrogens is 564 g/mol. The first-order valence-corrected chi connectivity index (χ1v) is 16.7. The summed E-state index contributed by atoms with van der Waals surface area (Å²) in [4.78, 5) is 46.5. The second-order valence-electron chi connectivity index (χ2n) is 13.9. The molecule has 0 unspecified atom stereocenters. The van der Waals surface area contributed by atoms with Crippen LogP contribution < -0.4 is 10.6 Å². The minimum Gasteiger partial charge on any atom is -0.359 e. The van der Waals surface area contributed by atoms with E-state index in [2.05, 4.69) is 36.3 Å². The maximum Gasteiger partial charge on any atom is 0.246 e. The Hall–Kier alpha value is -2.42. The fraction of sp³-hybridized carbons (Fsp3) is 0.676. The number of hydrogen-bond donors (Lipinski definition) is 2. The van der Waals surface area contributed by atoms with Crippen molar-refractivity contribution in [2.75, 3.05) is 31.5 Å². The molecule has 3 saturated heterocycles. The summed E-state index contributed by atoms with van der Waals surface area (Å²) in [6.45, 7) is 12.2. The highest BCUT2D eigenvalue weighted by molar-refractivity contribution is 6.31. The van der Waals surface area contributed by atoms with Gasteiger partial charge in [-0.25, -0.2) is 0 Å². The minimum absolute atomic E-state index is 0.0620. The summed E-state index contributed by atoms with van der Waals surface area (Å²) in [6, 6.07) is 4.65. The van der Waals surface area contributed by atoms with Crippen LogP contribution in [0.1, 0.15) is 64.9 Å². The molecule has 1 aromatic rings. The number of piperidine rings is 1. The smallest absolute Gasteiger partial charge is 0.246 e. The topological polar surface area (TPSA) is 91.0 Å². The van der Waals surface area contributed by atoms with Crippen LogP contribution in [0.25, 0.3) is 0 Å². The van der Waals surface area contributed by atoms with E-state index in [1.165, 1.54) is 19.3 Å². The predicted molar refractivity (Wildman–Crippen MR) is 168 cm³/mol. The number of rotatable bonds is 8. The Bertz CT molecular complexity index is 1280. The average Bonchev–Trinajstić information content (AvgIpc) is 3.62. The van der Waals surface area contributed by atoms with Gasteiger partial charge in [-0.15, -0.1) is 0 Å². The van der Waals surface area contributed by atoms with E-state index in [1.807, 2.05) is 31.2 Å². The molecule has 0 aromatic heterocycles. The molecule has 1 saturated carbocycles. The summed E-state index contributed by atoms with van der Waals surface area (Å²) in [7, 11) is 0. The number of likely N-dealkylation sites (tertiary alicyclic amines) is 2. The van der Waals surface area contributed by atoms with E-state index in [0.717, 1.165) is 50.4 Å². The van der Waals surface area contributed by atoms with Gasteiger partial charge in [0.15, 0.2) is 0 Å². The number of halogens is 1. The van der Waals surface area contributed by atoms with Gasteiger partial charge in [0.1, 0.15) is 11.6 Å². The van der Waals surface area contributed by atoms with E-state index < -0.39 is 29.6 Å². The van der Waals surface area contributed by atoms with Crippen LogP contribution in [0.2, 0.25) is 5.02 Å². The third-order valence-electron chi connectivity index (χ3n) is 11.1. The van der Waals surface area contributed by atoms with Gasteiger partial charge in [-0.05, 0) is 87.7 Å².